The summed E-state index contributed by atoms with van der Waals surface area (Å²) in [5.41, 5.74) is 1.22. The van der Waals surface area contributed by atoms with Crippen molar-refractivity contribution < 1.29 is 28.3 Å². The lowest BCUT2D eigenvalue weighted by molar-refractivity contribution is -0.136. The highest BCUT2D eigenvalue weighted by Gasteiger charge is 2.38. The monoisotopic (exact) mass is 485 g/mol. The highest BCUT2D eigenvalue weighted by atomic mass is 35.5. The number of benzene rings is 1. The Balaban J connectivity index is 1.70. The second kappa shape index (κ2) is 10.4. The predicted molar refractivity (Wildman–Crippen MR) is 125 cm³/mol. The summed E-state index contributed by atoms with van der Waals surface area (Å²) >= 11 is 5.87. The molecule has 1 aliphatic rings. The molecule has 2 aromatic rings. The Morgan fingerprint density at radius 2 is 1.91 bits per heavy atom. The molecule has 0 saturated carbocycles. The molecule has 3 amide bonds. The number of ether oxygens (including phenoxy) is 1. The molecule has 0 saturated heterocycles. The van der Waals surface area contributed by atoms with Gasteiger partial charge in [0, 0.05) is 22.4 Å². The van der Waals surface area contributed by atoms with Crippen molar-refractivity contribution in [3.63, 3.8) is 0 Å². The number of carbonyl (C=O) groups excluding carboxylic acids is 4. The molecule has 0 spiro atoms. The number of esters is 1. The van der Waals surface area contributed by atoms with E-state index in [4.69, 9.17) is 20.8 Å². The third-order valence-electron chi connectivity index (χ3n) is 5.03. The summed E-state index contributed by atoms with van der Waals surface area (Å²) in [5.74, 6) is -2.02. The van der Waals surface area contributed by atoms with Crippen molar-refractivity contribution in [2.24, 2.45) is 0 Å². The molecule has 0 fully saturated rings. The maximum atomic E-state index is 12.9. The molecule has 1 aromatic carbocycles. The van der Waals surface area contributed by atoms with Crippen LogP contribution in [0.15, 0.2) is 57.7 Å². The van der Waals surface area contributed by atoms with Crippen molar-refractivity contribution in [2.75, 3.05) is 12.4 Å². The van der Waals surface area contributed by atoms with Crippen molar-refractivity contribution in [3.05, 3.63) is 69.8 Å². The SMILES string of the molecule is COC(=O)C1=C(C)N(C(C)C)C(=O)/C1=C/c1ccc(CNC(=O)C(=O)Nc2cccc(Cl)c2)o1. The van der Waals surface area contributed by atoms with Crippen molar-refractivity contribution in [2.45, 2.75) is 33.4 Å². The van der Waals surface area contributed by atoms with Crippen LogP contribution in [0.1, 0.15) is 32.3 Å². The molecular formula is C24H24ClN3O6. The topological polar surface area (TPSA) is 118 Å². The highest BCUT2D eigenvalue weighted by molar-refractivity contribution is 6.39. The zero-order valence-corrected chi connectivity index (χ0v) is 19.9. The van der Waals surface area contributed by atoms with Crippen molar-refractivity contribution in [3.8, 4) is 0 Å². The second-order valence-electron chi connectivity index (χ2n) is 7.73. The number of hydrogen-bond acceptors (Lipinski definition) is 6. The summed E-state index contributed by atoms with van der Waals surface area (Å²) in [7, 11) is 1.25. The van der Waals surface area contributed by atoms with E-state index in [0.29, 0.717) is 27.9 Å². The van der Waals surface area contributed by atoms with Crippen LogP contribution in [0.3, 0.4) is 0 Å². The lowest BCUT2D eigenvalue weighted by atomic mass is 10.1. The fraction of sp³-hybridized carbons (Fsp3) is 0.250. The zero-order chi connectivity index (χ0) is 25.0. The van der Waals surface area contributed by atoms with Gasteiger partial charge < -0.3 is 24.7 Å². The fourth-order valence-electron chi connectivity index (χ4n) is 3.53. The average molecular weight is 486 g/mol. The van der Waals surface area contributed by atoms with Gasteiger partial charge in [-0.2, -0.15) is 0 Å². The van der Waals surface area contributed by atoms with Gasteiger partial charge in [0.2, 0.25) is 0 Å². The first-order valence-corrected chi connectivity index (χ1v) is 10.8. The molecule has 34 heavy (non-hydrogen) atoms. The van der Waals surface area contributed by atoms with Gasteiger partial charge in [0.25, 0.3) is 5.91 Å². The van der Waals surface area contributed by atoms with Crippen molar-refractivity contribution in [1.82, 2.24) is 10.2 Å². The van der Waals surface area contributed by atoms with E-state index in [1.54, 1.807) is 37.3 Å². The number of anilines is 1. The molecule has 0 atom stereocenters. The number of rotatable bonds is 6. The number of amides is 3. The molecule has 9 nitrogen and oxygen atoms in total. The van der Waals surface area contributed by atoms with Gasteiger partial charge in [-0.15, -0.1) is 0 Å². The van der Waals surface area contributed by atoms with Crippen LogP contribution in [0.25, 0.3) is 6.08 Å². The lowest BCUT2D eigenvalue weighted by Crippen LogP contribution is -2.34. The number of halogens is 1. The Bertz CT molecular complexity index is 1210. The molecule has 0 unspecified atom stereocenters. The van der Waals surface area contributed by atoms with Crippen LogP contribution < -0.4 is 10.6 Å². The van der Waals surface area contributed by atoms with Gasteiger partial charge in [-0.05, 0) is 57.2 Å². The Hall–Kier alpha value is -3.85. The van der Waals surface area contributed by atoms with Gasteiger partial charge in [0.1, 0.15) is 11.5 Å². The number of nitrogens with one attached hydrogen (secondary N) is 2. The minimum absolute atomic E-state index is 0.0598. The fourth-order valence-corrected chi connectivity index (χ4v) is 3.72. The summed E-state index contributed by atoms with van der Waals surface area (Å²) in [5, 5.41) is 5.33. The first-order valence-electron chi connectivity index (χ1n) is 10.4. The van der Waals surface area contributed by atoms with Crippen LogP contribution in [-0.4, -0.2) is 41.7 Å². The van der Waals surface area contributed by atoms with Gasteiger partial charge in [-0.25, -0.2) is 4.79 Å². The lowest BCUT2D eigenvalue weighted by Gasteiger charge is -2.22. The third-order valence-corrected chi connectivity index (χ3v) is 5.26. The molecule has 1 aliphatic heterocycles. The maximum absolute atomic E-state index is 12.9. The Morgan fingerprint density at radius 3 is 2.56 bits per heavy atom. The van der Waals surface area contributed by atoms with Crippen LogP contribution in [-0.2, 0) is 30.5 Å². The normalized spacial score (nSPS) is 14.7. The van der Waals surface area contributed by atoms with Gasteiger partial charge in [0.15, 0.2) is 0 Å². The standard InChI is InChI=1S/C24H24ClN3O6/c1-13(2)28-14(3)20(24(32)33-4)19(23(28)31)11-17-8-9-18(34-17)12-26-21(29)22(30)27-16-7-5-6-15(25)10-16/h5-11,13H,12H2,1-4H3,(H,26,29)(H,27,30)/b19-11+. The molecule has 0 aliphatic carbocycles. The molecule has 0 bridgehead atoms. The minimum Gasteiger partial charge on any atom is -0.465 e. The number of allylic oxidation sites excluding steroid dienone is 1. The summed E-state index contributed by atoms with van der Waals surface area (Å²) in [6.45, 7) is 5.31. The van der Waals surface area contributed by atoms with Crippen molar-refractivity contribution >= 4 is 47.1 Å². The van der Waals surface area contributed by atoms with Crippen LogP contribution in [0.2, 0.25) is 5.02 Å². The molecule has 2 heterocycles. The Kier molecular flexibility index (Phi) is 7.57. The largest absolute Gasteiger partial charge is 0.465 e. The van der Waals surface area contributed by atoms with E-state index in [-0.39, 0.29) is 29.6 Å². The van der Waals surface area contributed by atoms with Crippen LogP contribution in [0.5, 0.6) is 0 Å². The highest BCUT2D eigenvalue weighted by Crippen LogP contribution is 2.33. The number of furan rings is 1. The number of methoxy groups -OCH3 is 1. The number of hydrogen-bond donors (Lipinski definition) is 2. The van der Waals surface area contributed by atoms with E-state index in [0.717, 1.165) is 0 Å². The van der Waals surface area contributed by atoms with E-state index in [2.05, 4.69) is 10.6 Å². The van der Waals surface area contributed by atoms with E-state index < -0.39 is 17.8 Å². The van der Waals surface area contributed by atoms with Gasteiger partial charge in [-0.3, -0.25) is 14.4 Å². The van der Waals surface area contributed by atoms with E-state index in [9.17, 15) is 19.2 Å². The number of nitrogens with zero attached hydrogens (tertiary/aromatic N) is 1. The summed E-state index contributed by atoms with van der Waals surface area (Å²) in [6.07, 6.45) is 1.46. The summed E-state index contributed by atoms with van der Waals surface area (Å²) < 4.78 is 10.5. The zero-order valence-electron chi connectivity index (χ0n) is 19.1. The molecular weight excluding hydrogens is 462 g/mol. The van der Waals surface area contributed by atoms with Gasteiger partial charge in [0.05, 0.1) is 24.8 Å². The molecule has 10 heteroatoms. The van der Waals surface area contributed by atoms with E-state index in [1.807, 2.05) is 13.8 Å². The first-order chi connectivity index (χ1) is 16.1. The van der Waals surface area contributed by atoms with E-state index in [1.165, 1.54) is 24.2 Å². The number of carbonyl (C=O) groups is 4. The van der Waals surface area contributed by atoms with Crippen LogP contribution in [0, 0.1) is 0 Å². The minimum atomic E-state index is -0.860. The van der Waals surface area contributed by atoms with Crippen LogP contribution >= 0.6 is 11.6 Å². The Morgan fingerprint density at radius 1 is 1.18 bits per heavy atom. The molecule has 1 aromatic heterocycles. The quantitative estimate of drug-likeness (QED) is 0.368. The molecule has 3 rings (SSSR count). The molecule has 178 valence electrons. The summed E-state index contributed by atoms with van der Waals surface area (Å²) in [4.78, 5) is 50.9. The summed E-state index contributed by atoms with van der Waals surface area (Å²) in [6, 6.07) is 9.44. The predicted octanol–water partition coefficient (Wildman–Crippen LogP) is 3.27. The Labute approximate surface area is 201 Å². The molecule has 0 radical (unpaired) electrons. The smallest absolute Gasteiger partial charge is 0.340 e. The van der Waals surface area contributed by atoms with Gasteiger partial charge >= 0.3 is 17.8 Å². The van der Waals surface area contributed by atoms with E-state index >= 15 is 0 Å². The average Bonchev–Trinajstić information content (AvgIpc) is 3.33. The van der Waals surface area contributed by atoms with Crippen molar-refractivity contribution in [1.29, 1.82) is 0 Å². The second-order valence-corrected chi connectivity index (χ2v) is 8.17. The van der Waals surface area contributed by atoms with Gasteiger partial charge in [-0.1, -0.05) is 17.7 Å². The van der Waals surface area contributed by atoms with Crippen LogP contribution in [0.4, 0.5) is 5.69 Å². The molecule has 2 N–H and O–H groups in total. The first kappa shape index (κ1) is 24.8. The third kappa shape index (κ3) is 5.37. The maximum Gasteiger partial charge on any atom is 0.340 e.